The molecule has 0 spiro atoms. The van der Waals surface area contributed by atoms with Gasteiger partial charge in [0.15, 0.2) is 0 Å². The number of thiophene rings is 1. The fraction of sp³-hybridized carbons (Fsp3) is 0.333. The van der Waals surface area contributed by atoms with E-state index in [0.717, 1.165) is 19.4 Å². The van der Waals surface area contributed by atoms with Crippen molar-refractivity contribution in [2.45, 2.75) is 32.7 Å². The lowest BCUT2D eigenvalue weighted by atomic mass is 10.2. The van der Waals surface area contributed by atoms with Gasteiger partial charge in [-0.3, -0.25) is 14.5 Å². The van der Waals surface area contributed by atoms with Gasteiger partial charge in [-0.25, -0.2) is 0 Å². The van der Waals surface area contributed by atoms with Gasteiger partial charge >= 0.3 is 0 Å². The quantitative estimate of drug-likeness (QED) is 0.386. The molecule has 35 heavy (non-hydrogen) atoms. The van der Waals surface area contributed by atoms with Crippen molar-refractivity contribution in [2.75, 3.05) is 36.9 Å². The summed E-state index contributed by atoms with van der Waals surface area (Å²) >= 11 is 1.73. The molecule has 8 heteroatoms. The molecule has 2 N–H and O–H groups in total. The van der Waals surface area contributed by atoms with E-state index in [-0.39, 0.29) is 17.9 Å². The molecule has 0 saturated carbocycles. The number of amides is 2. The molecule has 2 amide bonds. The van der Waals surface area contributed by atoms with E-state index in [1.807, 2.05) is 32.0 Å². The zero-order chi connectivity index (χ0) is 24.6. The summed E-state index contributed by atoms with van der Waals surface area (Å²) in [4.78, 5) is 29.3. The highest BCUT2D eigenvalue weighted by Crippen LogP contribution is 2.38. The molecular formula is C27H31N3O4S. The van der Waals surface area contributed by atoms with Gasteiger partial charge in [0.1, 0.15) is 11.5 Å². The van der Waals surface area contributed by atoms with Crippen molar-refractivity contribution in [1.82, 2.24) is 4.90 Å². The van der Waals surface area contributed by atoms with Gasteiger partial charge in [0.2, 0.25) is 5.91 Å². The van der Waals surface area contributed by atoms with Crippen molar-refractivity contribution in [2.24, 2.45) is 0 Å². The third kappa shape index (κ3) is 6.21. The van der Waals surface area contributed by atoms with Crippen LogP contribution in [0.5, 0.6) is 11.5 Å². The number of carbonyl (C=O) groups excluding carboxylic acids is 2. The second-order valence-corrected chi connectivity index (χ2v) is 9.20. The van der Waals surface area contributed by atoms with Crippen LogP contribution in [0.3, 0.4) is 0 Å². The SMILES string of the molecule is CCOc1cc(NC(=O)c2ccccc2)c(OCC)cc1NC(=O)CN1CCC[C@@H]1c1cccs1. The first kappa shape index (κ1) is 24.8. The maximum atomic E-state index is 13.0. The smallest absolute Gasteiger partial charge is 0.255 e. The van der Waals surface area contributed by atoms with Crippen molar-refractivity contribution in [1.29, 1.82) is 0 Å². The zero-order valence-electron chi connectivity index (χ0n) is 20.1. The summed E-state index contributed by atoms with van der Waals surface area (Å²) in [7, 11) is 0. The van der Waals surface area contributed by atoms with E-state index >= 15 is 0 Å². The number of benzene rings is 2. The van der Waals surface area contributed by atoms with Crippen molar-refractivity contribution in [3.05, 3.63) is 70.4 Å². The summed E-state index contributed by atoms with van der Waals surface area (Å²) in [5.74, 6) is 0.578. The number of hydrogen-bond donors (Lipinski definition) is 2. The molecule has 7 nitrogen and oxygen atoms in total. The molecule has 2 heterocycles. The topological polar surface area (TPSA) is 79.9 Å². The van der Waals surface area contributed by atoms with Crippen molar-refractivity contribution >= 4 is 34.5 Å². The van der Waals surface area contributed by atoms with E-state index in [4.69, 9.17) is 9.47 Å². The van der Waals surface area contributed by atoms with Crippen LogP contribution in [0.25, 0.3) is 0 Å². The lowest BCUT2D eigenvalue weighted by molar-refractivity contribution is -0.117. The molecule has 0 unspecified atom stereocenters. The highest BCUT2D eigenvalue weighted by Gasteiger charge is 2.28. The standard InChI is InChI=1S/C27H31N3O4S/c1-3-33-23-17-21(29-27(32)19-10-6-5-7-11-19)24(34-4-2)16-20(23)28-26(31)18-30-14-8-12-22(30)25-13-9-15-35-25/h5-7,9-11,13,15-17,22H,3-4,8,12,14,18H2,1-2H3,(H,28,31)(H,29,32)/t22-/m1/s1. The molecule has 2 aromatic carbocycles. The molecule has 1 fully saturated rings. The van der Waals surface area contributed by atoms with Crippen LogP contribution in [0.15, 0.2) is 60.0 Å². The van der Waals surface area contributed by atoms with E-state index in [2.05, 4.69) is 33.0 Å². The highest BCUT2D eigenvalue weighted by molar-refractivity contribution is 7.10. The fourth-order valence-corrected chi connectivity index (χ4v) is 5.18. The zero-order valence-corrected chi connectivity index (χ0v) is 20.9. The van der Waals surface area contributed by atoms with E-state index in [0.29, 0.717) is 48.2 Å². The number of anilines is 2. The average Bonchev–Trinajstić information content (AvgIpc) is 3.54. The van der Waals surface area contributed by atoms with Gasteiger partial charge in [-0.2, -0.15) is 0 Å². The number of nitrogens with zero attached hydrogens (tertiary/aromatic N) is 1. The molecule has 1 aliphatic heterocycles. The first-order chi connectivity index (χ1) is 17.1. The lowest BCUT2D eigenvalue weighted by Gasteiger charge is -2.23. The van der Waals surface area contributed by atoms with Gasteiger partial charge < -0.3 is 20.1 Å². The Kier molecular flexibility index (Phi) is 8.39. The molecule has 1 saturated heterocycles. The lowest BCUT2D eigenvalue weighted by Crippen LogP contribution is -2.32. The van der Waals surface area contributed by atoms with E-state index in [1.54, 1.807) is 35.6 Å². The minimum atomic E-state index is -0.251. The van der Waals surface area contributed by atoms with Crippen LogP contribution in [0.4, 0.5) is 11.4 Å². The number of rotatable bonds is 10. The Hall–Kier alpha value is -3.36. The summed E-state index contributed by atoms with van der Waals surface area (Å²) in [5.41, 5.74) is 1.54. The summed E-state index contributed by atoms with van der Waals surface area (Å²) in [6.07, 6.45) is 2.13. The Balaban J connectivity index is 1.52. The summed E-state index contributed by atoms with van der Waals surface area (Å²) in [6.45, 7) is 5.75. The van der Waals surface area contributed by atoms with Crippen LogP contribution < -0.4 is 20.1 Å². The maximum Gasteiger partial charge on any atom is 0.255 e. The highest BCUT2D eigenvalue weighted by atomic mass is 32.1. The van der Waals surface area contributed by atoms with Crippen LogP contribution in [-0.4, -0.2) is 43.0 Å². The first-order valence-electron chi connectivity index (χ1n) is 12.0. The predicted octanol–water partition coefficient (Wildman–Crippen LogP) is 5.57. The first-order valence-corrected chi connectivity index (χ1v) is 12.8. The monoisotopic (exact) mass is 493 g/mol. The molecule has 1 atom stereocenters. The number of carbonyl (C=O) groups is 2. The molecule has 4 rings (SSSR count). The minimum absolute atomic E-state index is 0.113. The molecular weight excluding hydrogens is 462 g/mol. The molecule has 0 radical (unpaired) electrons. The van der Waals surface area contributed by atoms with E-state index < -0.39 is 0 Å². The Morgan fingerprint density at radius 2 is 1.66 bits per heavy atom. The van der Waals surface area contributed by atoms with Crippen LogP contribution >= 0.6 is 11.3 Å². The third-order valence-corrected chi connectivity index (χ3v) is 6.80. The molecule has 1 aliphatic rings. The summed E-state index contributed by atoms with van der Waals surface area (Å²) < 4.78 is 11.6. The van der Waals surface area contributed by atoms with Gasteiger partial charge in [0.25, 0.3) is 5.91 Å². The predicted molar refractivity (Wildman–Crippen MR) is 140 cm³/mol. The Morgan fingerprint density at radius 3 is 2.29 bits per heavy atom. The van der Waals surface area contributed by atoms with Gasteiger partial charge in [-0.1, -0.05) is 24.3 Å². The normalized spacial score (nSPS) is 15.5. The minimum Gasteiger partial charge on any atom is -0.492 e. The second-order valence-electron chi connectivity index (χ2n) is 8.22. The van der Waals surface area contributed by atoms with Crippen LogP contribution in [0.1, 0.15) is 48.0 Å². The molecule has 1 aromatic heterocycles. The largest absolute Gasteiger partial charge is 0.492 e. The Labute approximate surface area is 210 Å². The van der Waals surface area contributed by atoms with Gasteiger partial charge in [0.05, 0.1) is 31.1 Å². The van der Waals surface area contributed by atoms with Gasteiger partial charge in [-0.15, -0.1) is 11.3 Å². The van der Waals surface area contributed by atoms with Gasteiger partial charge in [-0.05, 0) is 56.8 Å². The third-order valence-electron chi connectivity index (χ3n) is 5.82. The number of ether oxygens (including phenoxy) is 2. The number of hydrogen-bond acceptors (Lipinski definition) is 6. The molecule has 0 bridgehead atoms. The van der Waals surface area contributed by atoms with Crippen molar-refractivity contribution in [3.63, 3.8) is 0 Å². The van der Waals surface area contributed by atoms with E-state index in [9.17, 15) is 9.59 Å². The van der Waals surface area contributed by atoms with E-state index in [1.165, 1.54) is 4.88 Å². The molecule has 0 aliphatic carbocycles. The number of likely N-dealkylation sites (tertiary alicyclic amines) is 1. The van der Waals surface area contributed by atoms with Crippen molar-refractivity contribution < 1.29 is 19.1 Å². The maximum absolute atomic E-state index is 13.0. The number of nitrogens with one attached hydrogen (secondary N) is 2. The average molecular weight is 494 g/mol. The van der Waals surface area contributed by atoms with Crippen LogP contribution in [0.2, 0.25) is 0 Å². The van der Waals surface area contributed by atoms with Crippen LogP contribution in [0, 0.1) is 0 Å². The molecule has 184 valence electrons. The summed E-state index contributed by atoms with van der Waals surface area (Å²) in [6, 6.07) is 16.9. The second kappa shape index (κ2) is 11.9. The Morgan fingerprint density at radius 1 is 0.971 bits per heavy atom. The Bertz CT molecular complexity index is 1130. The van der Waals surface area contributed by atoms with Gasteiger partial charge in [0, 0.05) is 28.6 Å². The summed E-state index contributed by atoms with van der Waals surface area (Å²) in [5, 5.41) is 7.99. The van der Waals surface area contributed by atoms with Crippen LogP contribution in [-0.2, 0) is 4.79 Å². The fourth-order valence-electron chi connectivity index (χ4n) is 4.28. The van der Waals surface area contributed by atoms with Crippen molar-refractivity contribution in [3.8, 4) is 11.5 Å². The molecule has 3 aromatic rings.